The number of halogens is 1. The molecular formula is C24H21ClN2O2. The van der Waals surface area contributed by atoms with E-state index < -0.39 is 6.04 Å². The van der Waals surface area contributed by atoms with Crippen molar-refractivity contribution in [3.8, 4) is 0 Å². The molecular weight excluding hydrogens is 384 g/mol. The third-order valence-electron chi connectivity index (χ3n) is 5.18. The second-order valence-corrected chi connectivity index (χ2v) is 7.58. The number of benzene rings is 3. The van der Waals surface area contributed by atoms with Crippen LogP contribution >= 0.6 is 11.6 Å². The quantitative estimate of drug-likeness (QED) is 0.668. The topological polar surface area (TPSA) is 49.4 Å². The van der Waals surface area contributed by atoms with E-state index in [4.69, 9.17) is 11.6 Å². The molecule has 2 amide bonds. The lowest BCUT2D eigenvalue weighted by Crippen LogP contribution is -2.48. The second-order valence-electron chi connectivity index (χ2n) is 7.14. The first kappa shape index (κ1) is 19.2. The van der Waals surface area contributed by atoms with Gasteiger partial charge in [0.2, 0.25) is 5.91 Å². The summed E-state index contributed by atoms with van der Waals surface area (Å²) in [5, 5.41) is 3.64. The number of hydrogen-bond acceptors (Lipinski definition) is 2. The highest BCUT2D eigenvalue weighted by Gasteiger charge is 2.36. The third-order valence-corrected chi connectivity index (χ3v) is 5.43. The molecule has 5 heteroatoms. The molecule has 0 unspecified atom stereocenters. The van der Waals surface area contributed by atoms with Gasteiger partial charge in [-0.3, -0.25) is 9.59 Å². The van der Waals surface area contributed by atoms with Crippen LogP contribution in [0.1, 0.15) is 27.0 Å². The minimum absolute atomic E-state index is 0.0943. The van der Waals surface area contributed by atoms with Crippen molar-refractivity contribution in [2.75, 3.05) is 0 Å². The van der Waals surface area contributed by atoms with Gasteiger partial charge in [-0.05, 0) is 34.9 Å². The minimum atomic E-state index is -0.579. The number of nitrogens with zero attached hydrogens (tertiary/aromatic N) is 1. The van der Waals surface area contributed by atoms with Crippen LogP contribution in [0.4, 0.5) is 0 Å². The summed E-state index contributed by atoms with van der Waals surface area (Å²) in [6.45, 7) is 0.830. The normalized spacial score (nSPS) is 13.8. The Morgan fingerprint density at radius 3 is 2.34 bits per heavy atom. The molecule has 0 aliphatic carbocycles. The largest absolute Gasteiger partial charge is 0.350 e. The summed E-state index contributed by atoms with van der Waals surface area (Å²) in [5.74, 6) is -0.256. The molecule has 3 aromatic rings. The number of fused-ring (bicyclic) bond motifs is 1. The van der Waals surface area contributed by atoms with E-state index in [-0.39, 0.29) is 11.8 Å². The van der Waals surface area contributed by atoms with Gasteiger partial charge in [0.1, 0.15) is 6.04 Å². The van der Waals surface area contributed by atoms with Gasteiger partial charge in [0, 0.05) is 30.1 Å². The summed E-state index contributed by atoms with van der Waals surface area (Å²) in [5.41, 5.74) is 3.61. The van der Waals surface area contributed by atoms with Gasteiger partial charge in [0.15, 0.2) is 0 Å². The van der Waals surface area contributed by atoms with Gasteiger partial charge < -0.3 is 10.2 Å². The highest BCUT2D eigenvalue weighted by molar-refractivity contribution is 6.30. The van der Waals surface area contributed by atoms with Crippen molar-refractivity contribution < 1.29 is 9.59 Å². The number of amides is 2. The molecule has 0 radical (unpaired) electrons. The fourth-order valence-corrected chi connectivity index (χ4v) is 3.75. The molecule has 0 bridgehead atoms. The fourth-order valence-electron chi connectivity index (χ4n) is 3.62. The van der Waals surface area contributed by atoms with E-state index in [9.17, 15) is 9.59 Å². The molecule has 1 atom stereocenters. The maximum Gasteiger partial charge on any atom is 0.255 e. The van der Waals surface area contributed by atoms with Gasteiger partial charge in [0.05, 0.1) is 0 Å². The number of rotatable bonds is 6. The highest BCUT2D eigenvalue weighted by Crippen LogP contribution is 2.26. The van der Waals surface area contributed by atoms with E-state index in [1.165, 1.54) is 0 Å². The summed E-state index contributed by atoms with van der Waals surface area (Å²) in [7, 11) is 0. The van der Waals surface area contributed by atoms with Crippen LogP contribution in [0.25, 0.3) is 0 Å². The maximum atomic E-state index is 13.1. The molecule has 0 saturated heterocycles. The van der Waals surface area contributed by atoms with E-state index in [1.807, 2.05) is 66.7 Å². The van der Waals surface area contributed by atoms with Crippen molar-refractivity contribution in [2.45, 2.75) is 25.6 Å². The van der Waals surface area contributed by atoms with Crippen molar-refractivity contribution >= 4 is 23.4 Å². The predicted molar refractivity (Wildman–Crippen MR) is 114 cm³/mol. The van der Waals surface area contributed by atoms with Crippen LogP contribution in [0.5, 0.6) is 0 Å². The third kappa shape index (κ3) is 4.33. The molecule has 1 N–H and O–H groups in total. The molecule has 29 heavy (non-hydrogen) atoms. The Morgan fingerprint density at radius 2 is 1.62 bits per heavy atom. The predicted octanol–water partition coefficient (Wildman–Crippen LogP) is 4.22. The zero-order valence-electron chi connectivity index (χ0n) is 15.8. The van der Waals surface area contributed by atoms with Crippen molar-refractivity contribution in [3.05, 3.63) is 106 Å². The van der Waals surface area contributed by atoms with Gasteiger partial charge in [0.25, 0.3) is 5.91 Å². The Hall–Kier alpha value is -3.11. The Balaban J connectivity index is 1.54. The fraction of sp³-hybridized carbons (Fsp3) is 0.167. The smallest absolute Gasteiger partial charge is 0.255 e. The van der Waals surface area contributed by atoms with E-state index in [2.05, 4.69) is 5.32 Å². The summed E-state index contributed by atoms with van der Waals surface area (Å²) < 4.78 is 0. The van der Waals surface area contributed by atoms with Gasteiger partial charge in [-0.1, -0.05) is 72.3 Å². The molecule has 4 nitrogen and oxygen atoms in total. The SMILES string of the molecule is O=C(NCc1ccc(Cl)cc1)[C@H](Cc1ccccc1)N1Cc2ccccc2C1=O. The second kappa shape index (κ2) is 8.50. The number of carbonyl (C=O) groups excluding carboxylic acids is 2. The number of hydrogen-bond donors (Lipinski definition) is 1. The van der Waals surface area contributed by atoms with Crippen LogP contribution in [0.15, 0.2) is 78.9 Å². The molecule has 0 saturated carbocycles. The monoisotopic (exact) mass is 404 g/mol. The van der Waals surface area contributed by atoms with Crippen molar-refractivity contribution in [3.63, 3.8) is 0 Å². The Labute approximate surface area is 175 Å². The first-order chi connectivity index (χ1) is 14.1. The zero-order chi connectivity index (χ0) is 20.2. The van der Waals surface area contributed by atoms with Crippen LogP contribution in [-0.2, 0) is 24.3 Å². The van der Waals surface area contributed by atoms with E-state index >= 15 is 0 Å². The Bertz CT molecular complexity index is 1020. The lowest BCUT2D eigenvalue weighted by atomic mass is 10.0. The molecule has 1 aliphatic rings. The van der Waals surface area contributed by atoms with Crippen LogP contribution in [0.2, 0.25) is 5.02 Å². The van der Waals surface area contributed by atoms with Crippen molar-refractivity contribution in [2.24, 2.45) is 0 Å². The van der Waals surface area contributed by atoms with Gasteiger partial charge in [-0.25, -0.2) is 0 Å². The highest BCUT2D eigenvalue weighted by atomic mass is 35.5. The summed E-state index contributed by atoms with van der Waals surface area (Å²) in [6.07, 6.45) is 0.465. The number of nitrogens with one attached hydrogen (secondary N) is 1. The lowest BCUT2D eigenvalue weighted by molar-refractivity contribution is -0.125. The van der Waals surface area contributed by atoms with Gasteiger partial charge >= 0.3 is 0 Å². The minimum Gasteiger partial charge on any atom is -0.350 e. The molecule has 3 aromatic carbocycles. The van der Waals surface area contributed by atoms with E-state index in [0.29, 0.717) is 30.1 Å². The van der Waals surface area contributed by atoms with Crippen molar-refractivity contribution in [1.29, 1.82) is 0 Å². The molecule has 146 valence electrons. The molecule has 1 heterocycles. The van der Waals surface area contributed by atoms with E-state index in [1.54, 1.807) is 17.0 Å². The van der Waals surface area contributed by atoms with Crippen LogP contribution < -0.4 is 5.32 Å². The van der Waals surface area contributed by atoms with Gasteiger partial charge in [-0.15, -0.1) is 0 Å². The average Bonchev–Trinajstić information content (AvgIpc) is 3.08. The van der Waals surface area contributed by atoms with Gasteiger partial charge in [-0.2, -0.15) is 0 Å². The lowest BCUT2D eigenvalue weighted by Gasteiger charge is -2.27. The standard InChI is InChI=1S/C24H21ClN2O2/c25-20-12-10-18(11-13-20)15-26-23(28)22(14-17-6-2-1-3-7-17)27-16-19-8-4-5-9-21(19)24(27)29/h1-13,22H,14-16H2,(H,26,28)/t22-/m0/s1. The first-order valence-corrected chi connectivity index (χ1v) is 9.94. The Morgan fingerprint density at radius 1 is 0.931 bits per heavy atom. The van der Waals surface area contributed by atoms with Crippen LogP contribution in [0, 0.1) is 0 Å². The Kier molecular flexibility index (Phi) is 5.63. The average molecular weight is 405 g/mol. The van der Waals surface area contributed by atoms with Crippen LogP contribution in [0.3, 0.4) is 0 Å². The first-order valence-electron chi connectivity index (χ1n) is 9.57. The summed E-state index contributed by atoms with van der Waals surface area (Å²) >= 11 is 5.93. The molecule has 0 aromatic heterocycles. The molecule has 4 rings (SSSR count). The summed E-state index contributed by atoms with van der Waals surface area (Å²) in [6, 6.07) is 24.1. The maximum absolute atomic E-state index is 13.1. The zero-order valence-corrected chi connectivity index (χ0v) is 16.6. The van der Waals surface area contributed by atoms with Crippen molar-refractivity contribution in [1.82, 2.24) is 10.2 Å². The molecule has 0 fully saturated rings. The number of carbonyl (C=O) groups is 2. The molecule has 1 aliphatic heterocycles. The van der Waals surface area contributed by atoms with Crippen LogP contribution in [-0.4, -0.2) is 22.8 Å². The van der Waals surface area contributed by atoms with E-state index in [0.717, 1.165) is 16.7 Å². The molecule has 0 spiro atoms. The summed E-state index contributed by atoms with van der Waals surface area (Å²) in [4.78, 5) is 27.8.